The molecule has 7 heteroatoms. The summed E-state index contributed by atoms with van der Waals surface area (Å²) in [5.41, 5.74) is 2.01. The third kappa shape index (κ3) is 2.83. The Morgan fingerprint density at radius 3 is 2.96 bits per heavy atom. The molecular weight excluding hydrogens is 332 g/mol. The number of rotatable bonds is 4. The van der Waals surface area contributed by atoms with Crippen molar-refractivity contribution >= 4 is 16.9 Å². The van der Waals surface area contributed by atoms with Gasteiger partial charge in [-0.15, -0.1) is 0 Å². The molecule has 0 bridgehead atoms. The van der Waals surface area contributed by atoms with E-state index in [1.54, 1.807) is 0 Å². The molecule has 26 heavy (non-hydrogen) atoms. The van der Waals surface area contributed by atoms with Crippen molar-refractivity contribution in [1.82, 2.24) is 19.6 Å². The Kier molecular flexibility index (Phi) is 4.14. The zero-order valence-electron chi connectivity index (χ0n) is 14.9. The van der Waals surface area contributed by atoms with Crippen LogP contribution in [-0.4, -0.2) is 32.1 Å². The number of likely N-dealkylation sites (tertiary alicyclic amines) is 1. The zero-order valence-corrected chi connectivity index (χ0v) is 14.9. The van der Waals surface area contributed by atoms with E-state index in [0.717, 1.165) is 35.3 Å². The molecule has 1 aliphatic heterocycles. The smallest absolute Gasteiger partial charge is 0.326 e. The molecule has 1 amide bonds. The SMILES string of the molecule is CC(C)c1cc(C2CCCN2C(=O)Cn2c(=O)[nH]c3ccccc32)no1. The fourth-order valence-electron chi connectivity index (χ4n) is 3.60. The van der Waals surface area contributed by atoms with Crippen molar-refractivity contribution in [3.63, 3.8) is 0 Å². The van der Waals surface area contributed by atoms with E-state index in [4.69, 9.17) is 4.52 Å². The number of para-hydroxylation sites is 2. The highest BCUT2D eigenvalue weighted by molar-refractivity contribution is 5.81. The Morgan fingerprint density at radius 2 is 2.19 bits per heavy atom. The lowest BCUT2D eigenvalue weighted by molar-refractivity contribution is -0.132. The number of hydrogen-bond acceptors (Lipinski definition) is 4. The van der Waals surface area contributed by atoms with Crippen molar-refractivity contribution in [1.29, 1.82) is 0 Å². The fourth-order valence-corrected chi connectivity index (χ4v) is 3.60. The number of imidazole rings is 1. The van der Waals surface area contributed by atoms with Crippen molar-refractivity contribution in [3.8, 4) is 0 Å². The second kappa shape index (κ2) is 6.48. The van der Waals surface area contributed by atoms with Gasteiger partial charge in [-0.3, -0.25) is 9.36 Å². The molecule has 136 valence electrons. The van der Waals surface area contributed by atoms with Crippen LogP contribution in [0.2, 0.25) is 0 Å². The van der Waals surface area contributed by atoms with Crippen LogP contribution >= 0.6 is 0 Å². The summed E-state index contributed by atoms with van der Waals surface area (Å²) in [7, 11) is 0. The topological polar surface area (TPSA) is 84.1 Å². The van der Waals surface area contributed by atoms with Crippen LogP contribution in [0.4, 0.5) is 0 Å². The third-order valence-electron chi connectivity index (χ3n) is 5.01. The molecule has 1 fully saturated rings. The number of nitrogens with zero attached hydrogens (tertiary/aromatic N) is 3. The summed E-state index contributed by atoms with van der Waals surface area (Å²) in [6.07, 6.45) is 1.78. The van der Waals surface area contributed by atoms with Crippen LogP contribution in [0, 0.1) is 0 Å². The molecule has 0 radical (unpaired) electrons. The molecule has 1 unspecified atom stereocenters. The number of aromatic nitrogens is 3. The number of nitrogens with one attached hydrogen (secondary N) is 1. The van der Waals surface area contributed by atoms with Gasteiger partial charge in [0.1, 0.15) is 18.0 Å². The fraction of sp³-hybridized carbons (Fsp3) is 0.421. The first-order chi connectivity index (χ1) is 12.5. The Balaban J connectivity index is 1.58. The molecule has 1 aliphatic rings. The van der Waals surface area contributed by atoms with Crippen LogP contribution in [0.3, 0.4) is 0 Å². The third-order valence-corrected chi connectivity index (χ3v) is 5.01. The summed E-state index contributed by atoms with van der Waals surface area (Å²) in [5, 5.41) is 4.17. The Hall–Kier alpha value is -2.83. The number of carbonyl (C=O) groups is 1. The monoisotopic (exact) mass is 354 g/mol. The van der Waals surface area contributed by atoms with Gasteiger partial charge in [0.15, 0.2) is 0 Å². The predicted molar refractivity (Wildman–Crippen MR) is 96.8 cm³/mol. The Bertz CT molecular complexity index is 998. The molecule has 0 saturated carbocycles. The number of hydrogen-bond donors (Lipinski definition) is 1. The second-order valence-electron chi connectivity index (χ2n) is 7.09. The molecule has 3 heterocycles. The van der Waals surface area contributed by atoms with Gasteiger partial charge in [-0.2, -0.15) is 0 Å². The van der Waals surface area contributed by atoms with Crippen LogP contribution < -0.4 is 5.69 Å². The molecule has 1 saturated heterocycles. The lowest BCUT2D eigenvalue weighted by Crippen LogP contribution is -2.35. The second-order valence-corrected chi connectivity index (χ2v) is 7.09. The van der Waals surface area contributed by atoms with E-state index in [0.29, 0.717) is 6.54 Å². The summed E-state index contributed by atoms with van der Waals surface area (Å²) in [5.74, 6) is 1.01. The first-order valence-electron chi connectivity index (χ1n) is 8.98. The average Bonchev–Trinajstić information content (AvgIpc) is 3.33. The lowest BCUT2D eigenvalue weighted by atomic mass is 10.1. The molecule has 1 N–H and O–H groups in total. The highest BCUT2D eigenvalue weighted by atomic mass is 16.5. The zero-order chi connectivity index (χ0) is 18.3. The van der Waals surface area contributed by atoms with E-state index >= 15 is 0 Å². The van der Waals surface area contributed by atoms with E-state index < -0.39 is 0 Å². The maximum absolute atomic E-state index is 12.9. The first-order valence-corrected chi connectivity index (χ1v) is 8.98. The Labute approximate surface area is 150 Å². The summed E-state index contributed by atoms with van der Waals surface area (Å²) in [4.78, 5) is 29.8. The van der Waals surface area contributed by atoms with Gasteiger partial charge in [0.25, 0.3) is 0 Å². The minimum atomic E-state index is -0.265. The first kappa shape index (κ1) is 16.6. The highest BCUT2D eigenvalue weighted by Gasteiger charge is 2.32. The summed E-state index contributed by atoms with van der Waals surface area (Å²) in [6, 6.07) is 9.25. The molecule has 3 aromatic rings. The lowest BCUT2D eigenvalue weighted by Gasteiger charge is -2.23. The summed E-state index contributed by atoms with van der Waals surface area (Å²) >= 11 is 0. The van der Waals surface area contributed by atoms with Gasteiger partial charge in [-0.25, -0.2) is 4.79 Å². The predicted octanol–water partition coefficient (Wildman–Crippen LogP) is 2.80. The average molecular weight is 354 g/mol. The standard InChI is InChI=1S/C19H22N4O3/c1-12(2)17-10-14(21-26-17)16-8-5-9-22(16)18(24)11-23-15-7-4-3-6-13(15)20-19(23)25/h3-4,6-7,10,12,16H,5,8-9,11H2,1-2H3,(H,20,25). The number of carbonyl (C=O) groups excluding carboxylic acids is 1. The Morgan fingerprint density at radius 1 is 1.38 bits per heavy atom. The van der Waals surface area contributed by atoms with Crippen LogP contribution in [0.5, 0.6) is 0 Å². The van der Waals surface area contributed by atoms with Crippen LogP contribution in [0.1, 0.15) is 50.1 Å². The van der Waals surface area contributed by atoms with Crippen molar-refractivity contribution < 1.29 is 9.32 Å². The van der Waals surface area contributed by atoms with Crippen LogP contribution in [0.25, 0.3) is 11.0 Å². The van der Waals surface area contributed by atoms with Gasteiger partial charge in [0, 0.05) is 18.5 Å². The van der Waals surface area contributed by atoms with Crippen LogP contribution in [-0.2, 0) is 11.3 Å². The van der Waals surface area contributed by atoms with Gasteiger partial charge in [0.05, 0.1) is 17.1 Å². The summed E-state index contributed by atoms with van der Waals surface area (Å²) in [6.45, 7) is 4.79. The normalized spacial score (nSPS) is 17.5. The molecule has 1 atom stereocenters. The quantitative estimate of drug-likeness (QED) is 0.781. The number of amides is 1. The van der Waals surface area contributed by atoms with Crippen molar-refractivity contribution in [2.75, 3.05) is 6.54 Å². The number of fused-ring (bicyclic) bond motifs is 1. The number of benzene rings is 1. The van der Waals surface area contributed by atoms with Crippen LogP contribution in [0.15, 0.2) is 39.6 Å². The highest BCUT2D eigenvalue weighted by Crippen LogP contribution is 2.33. The molecule has 0 spiro atoms. The summed E-state index contributed by atoms with van der Waals surface area (Å²) < 4.78 is 6.90. The largest absolute Gasteiger partial charge is 0.361 e. The van der Waals surface area contributed by atoms with Gasteiger partial charge in [-0.1, -0.05) is 31.1 Å². The van der Waals surface area contributed by atoms with E-state index in [-0.39, 0.29) is 30.1 Å². The van der Waals surface area contributed by atoms with Gasteiger partial charge < -0.3 is 14.4 Å². The van der Waals surface area contributed by atoms with E-state index in [9.17, 15) is 9.59 Å². The van der Waals surface area contributed by atoms with E-state index in [2.05, 4.69) is 10.1 Å². The number of aromatic amines is 1. The minimum absolute atomic E-state index is 0.0221. The number of H-pyrrole nitrogens is 1. The van der Waals surface area contributed by atoms with Crippen molar-refractivity contribution in [2.45, 2.75) is 45.2 Å². The maximum atomic E-state index is 12.9. The van der Waals surface area contributed by atoms with E-state index in [1.165, 1.54) is 4.57 Å². The van der Waals surface area contributed by atoms with E-state index in [1.807, 2.05) is 49.1 Å². The molecule has 4 rings (SSSR count). The maximum Gasteiger partial charge on any atom is 0.326 e. The van der Waals surface area contributed by atoms with Crippen molar-refractivity contribution in [2.24, 2.45) is 0 Å². The molecular formula is C19H22N4O3. The molecule has 0 aliphatic carbocycles. The van der Waals surface area contributed by atoms with Crippen molar-refractivity contribution in [3.05, 3.63) is 52.3 Å². The molecule has 2 aromatic heterocycles. The van der Waals surface area contributed by atoms with Gasteiger partial charge in [0.2, 0.25) is 5.91 Å². The van der Waals surface area contributed by atoms with Gasteiger partial charge >= 0.3 is 5.69 Å². The minimum Gasteiger partial charge on any atom is -0.361 e. The molecule has 7 nitrogen and oxygen atoms in total. The molecule has 1 aromatic carbocycles. The van der Waals surface area contributed by atoms with Gasteiger partial charge in [-0.05, 0) is 25.0 Å².